The highest BCUT2D eigenvalue weighted by Gasteiger charge is 2.21. The van der Waals surface area contributed by atoms with E-state index in [-0.39, 0.29) is 23.6 Å². The molecule has 1 aromatic carbocycles. The Morgan fingerprint density at radius 1 is 1.33 bits per heavy atom. The number of fused-ring (bicyclic) bond motifs is 1. The van der Waals surface area contributed by atoms with Crippen LogP contribution in [0.25, 0.3) is 0 Å². The van der Waals surface area contributed by atoms with Gasteiger partial charge in [0, 0.05) is 0 Å². The Kier molecular flexibility index (Phi) is 5.24. The number of hydrogen-bond donors (Lipinski definition) is 2. The van der Waals surface area contributed by atoms with E-state index in [1.807, 2.05) is 18.2 Å². The van der Waals surface area contributed by atoms with Gasteiger partial charge in [0.1, 0.15) is 19.5 Å². The third-order valence-corrected chi connectivity index (χ3v) is 4.52. The summed E-state index contributed by atoms with van der Waals surface area (Å²) in [5.74, 6) is 1.95. The van der Waals surface area contributed by atoms with Crippen molar-refractivity contribution in [2.45, 2.75) is 25.0 Å². The Balaban J connectivity index is 1.67. The van der Waals surface area contributed by atoms with Gasteiger partial charge in [0.15, 0.2) is 16.7 Å². The molecule has 2 heterocycles. The summed E-state index contributed by atoms with van der Waals surface area (Å²) >= 11 is 1.32. The van der Waals surface area contributed by atoms with Crippen molar-refractivity contribution in [3.8, 4) is 11.5 Å². The van der Waals surface area contributed by atoms with Gasteiger partial charge in [0.2, 0.25) is 5.91 Å². The van der Waals surface area contributed by atoms with E-state index in [4.69, 9.17) is 9.47 Å². The molecule has 1 amide bonds. The third kappa shape index (κ3) is 4.00. The van der Waals surface area contributed by atoms with Crippen LogP contribution in [0.3, 0.4) is 0 Å². The number of rotatable bonds is 6. The van der Waals surface area contributed by atoms with Gasteiger partial charge in [0.05, 0.1) is 11.8 Å². The predicted molar refractivity (Wildman–Crippen MR) is 90.3 cm³/mol. The monoisotopic (exact) mass is 348 g/mol. The van der Waals surface area contributed by atoms with Crippen molar-refractivity contribution in [3.63, 3.8) is 0 Å². The van der Waals surface area contributed by atoms with Crippen LogP contribution < -0.4 is 14.8 Å². The summed E-state index contributed by atoms with van der Waals surface area (Å²) in [5, 5.41) is 10.2. The second-order valence-electron chi connectivity index (χ2n) is 5.77. The van der Waals surface area contributed by atoms with E-state index in [9.17, 15) is 4.79 Å². The van der Waals surface area contributed by atoms with Crippen molar-refractivity contribution in [1.82, 2.24) is 20.5 Å². The number of thioether (sulfide) groups is 1. The van der Waals surface area contributed by atoms with E-state index in [0.29, 0.717) is 18.4 Å². The van der Waals surface area contributed by atoms with Gasteiger partial charge in [-0.3, -0.25) is 9.89 Å². The minimum Gasteiger partial charge on any atom is -0.486 e. The fourth-order valence-electron chi connectivity index (χ4n) is 2.50. The smallest absolute Gasteiger partial charge is 0.230 e. The van der Waals surface area contributed by atoms with Crippen LogP contribution in [0.4, 0.5) is 0 Å². The average Bonchev–Trinajstić information content (AvgIpc) is 3.10. The summed E-state index contributed by atoms with van der Waals surface area (Å²) in [5.41, 5.74) is 1.01. The van der Waals surface area contributed by atoms with Crippen LogP contribution in [-0.4, -0.2) is 40.1 Å². The molecule has 1 atom stereocenters. The van der Waals surface area contributed by atoms with Gasteiger partial charge < -0.3 is 14.8 Å². The van der Waals surface area contributed by atoms with Gasteiger partial charge in [0.25, 0.3) is 0 Å². The molecule has 2 aromatic rings. The second kappa shape index (κ2) is 7.57. The van der Waals surface area contributed by atoms with Crippen molar-refractivity contribution < 1.29 is 14.3 Å². The number of carbonyl (C=O) groups is 1. The maximum atomic E-state index is 12.3. The minimum atomic E-state index is -0.0938. The van der Waals surface area contributed by atoms with Gasteiger partial charge in [-0.25, -0.2) is 4.98 Å². The average molecular weight is 348 g/mol. The lowest BCUT2D eigenvalue weighted by molar-refractivity contribution is -0.119. The third-order valence-electron chi connectivity index (χ3n) is 3.64. The number of benzene rings is 1. The zero-order chi connectivity index (χ0) is 16.9. The van der Waals surface area contributed by atoms with Crippen LogP contribution in [0.15, 0.2) is 29.7 Å². The van der Waals surface area contributed by atoms with Gasteiger partial charge >= 0.3 is 0 Å². The van der Waals surface area contributed by atoms with Crippen molar-refractivity contribution in [2.24, 2.45) is 5.92 Å². The molecule has 8 heteroatoms. The fourth-order valence-corrected chi connectivity index (χ4v) is 3.09. The Morgan fingerprint density at radius 2 is 2.12 bits per heavy atom. The van der Waals surface area contributed by atoms with E-state index in [1.165, 1.54) is 18.1 Å². The fraction of sp³-hybridized carbons (Fsp3) is 0.438. The number of ether oxygens (including phenoxy) is 2. The SMILES string of the molecule is CC(C)[C@H](NC(=O)CSc1ncn[nH]1)c1ccc2c(c1)OCCO2. The minimum absolute atomic E-state index is 0.0509. The summed E-state index contributed by atoms with van der Waals surface area (Å²) in [6, 6.07) is 5.73. The van der Waals surface area contributed by atoms with Crippen LogP contribution in [0.1, 0.15) is 25.5 Å². The first-order valence-corrected chi connectivity index (χ1v) is 8.79. The molecule has 0 radical (unpaired) electrons. The van der Waals surface area contributed by atoms with E-state index >= 15 is 0 Å². The van der Waals surface area contributed by atoms with E-state index in [2.05, 4.69) is 34.3 Å². The molecule has 24 heavy (non-hydrogen) atoms. The number of nitrogens with zero attached hydrogens (tertiary/aromatic N) is 2. The van der Waals surface area contributed by atoms with Crippen LogP contribution in [-0.2, 0) is 4.79 Å². The first-order valence-electron chi connectivity index (χ1n) is 7.80. The van der Waals surface area contributed by atoms with E-state index in [1.54, 1.807) is 0 Å². The molecule has 3 rings (SSSR count). The Bertz CT molecular complexity index is 691. The lowest BCUT2D eigenvalue weighted by Gasteiger charge is -2.25. The molecule has 1 aliphatic rings. The van der Waals surface area contributed by atoms with Crippen molar-refractivity contribution in [2.75, 3.05) is 19.0 Å². The molecule has 1 aliphatic heterocycles. The zero-order valence-electron chi connectivity index (χ0n) is 13.6. The molecular formula is C16H20N4O3S. The maximum absolute atomic E-state index is 12.3. The molecule has 0 spiro atoms. The number of aromatic amines is 1. The van der Waals surface area contributed by atoms with E-state index < -0.39 is 0 Å². The molecule has 1 aromatic heterocycles. The summed E-state index contributed by atoms with van der Waals surface area (Å²) < 4.78 is 11.2. The van der Waals surface area contributed by atoms with Crippen LogP contribution in [0, 0.1) is 5.92 Å². The molecule has 128 valence electrons. The topological polar surface area (TPSA) is 89.1 Å². The number of aromatic nitrogens is 3. The Morgan fingerprint density at radius 3 is 2.83 bits per heavy atom. The summed E-state index contributed by atoms with van der Waals surface area (Å²) in [6.07, 6.45) is 1.42. The van der Waals surface area contributed by atoms with Gasteiger partial charge in [-0.1, -0.05) is 31.7 Å². The molecule has 0 aliphatic carbocycles. The Hall–Kier alpha value is -2.22. The van der Waals surface area contributed by atoms with E-state index in [0.717, 1.165) is 17.1 Å². The maximum Gasteiger partial charge on any atom is 0.230 e. The lowest BCUT2D eigenvalue weighted by Crippen LogP contribution is -2.33. The first-order chi connectivity index (χ1) is 11.6. The first kappa shape index (κ1) is 16.6. The molecule has 2 N–H and O–H groups in total. The Labute approximate surface area is 144 Å². The number of carbonyl (C=O) groups excluding carboxylic acids is 1. The standard InChI is InChI=1S/C16H20N4O3S/c1-10(2)15(19-14(21)8-24-16-17-9-18-20-16)11-3-4-12-13(7-11)23-6-5-22-12/h3-4,7,9-10,15H,5-6,8H2,1-2H3,(H,19,21)(H,17,18,20)/t15-/m0/s1. The van der Waals surface area contributed by atoms with Gasteiger partial charge in [-0.15, -0.1) is 0 Å². The highest BCUT2D eigenvalue weighted by atomic mass is 32.2. The molecular weight excluding hydrogens is 328 g/mol. The molecule has 0 saturated carbocycles. The molecule has 0 fully saturated rings. The highest BCUT2D eigenvalue weighted by Crippen LogP contribution is 2.34. The van der Waals surface area contributed by atoms with Gasteiger partial charge in [-0.2, -0.15) is 5.10 Å². The molecule has 0 saturated heterocycles. The summed E-state index contributed by atoms with van der Waals surface area (Å²) in [6.45, 7) is 5.26. The highest BCUT2D eigenvalue weighted by molar-refractivity contribution is 7.99. The predicted octanol–water partition coefficient (Wildman–Crippen LogP) is 2.18. The summed E-state index contributed by atoms with van der Waals surface area (Å²) in [4.78, 5) is 16.3. The lowest BCUT2D eigenvalue weighted by atomic mass is 9.95. The van der Waals surface area contributed by atoms with Crippen molar-refractivity contribution >= 4 is 17.7 Å². The van der Waals surface area contributed by atoms with Crippen LogP contribution in [0.2, 0.25) is 0 Å². The number of H-pyrrole nitrogens is 1. The number of hydrogen-bond acceptors (Lipinski definition) is 6. The zero-order valence-corrected chi connectivity index (χ0v) is 14.4. The second-order valence-corrected chi connectivity index (χ2v) is 6.74. The molecule has 0 unspecified atom stereocenters. The van der Waals surface area contributed by atoms with Crippen LogP contribution in [0.5, 0.6) is 11.5 Å². The normalized spacial score (nSPS) is 14.5. The van der Waals surface area contributed by atoms with Crippen molar-refractivity contribution in [1.29, 1.82) is 0 Å². The van der Waals surface area contributed by atoms with Crippen LogP contribution >= 0.6 is 11.8 Å². The quantitative estimate of drug-likeness (QED) is 0.778. The number of amides is 1. The summed E-state index contributed by atoms with van der Waals surface area (Å²) in [7, 11) is 0. The molecule has 0 bridgehead atoms. The van der Waals surface area contributed by atoms with Crippen molar-refractivity contribution in [3.05, 3.63) is 30.1 Å². The van der Waals surface area contributed by atoms with Gasteiger partial charge in [-0.05, 0) is 23.6 Å². The number of nitrogens with one attached hydrogen (secondary N) is 2. The largest absolute Gasteiger partial charge is 0.486 e. The molecule has 7 nitrogen and oxygen atoms in total.